The van der Waals surface area contributed by atoms with Crippen LogP contribution in [0.25, 0.3) is 0 Å². The number of nitrogens with one attached hydrogen (secondary N) is 1. The summed E-state index contributed by atoms with van der Waals surface area (Å²) in [5, 5.41) is 3.36. The minimum atomic E-state index is 0.644. The lowest BCUT2D eigenvalue weighted by atomic mass is 10.2. The number of ether oxygens (including phenoxy) is 2. The Kier molecular flexibility index (Phi) is 5.32. The molecule has 0 atom stereocenters. The summed E-state index contributed by atoms with van der Waals surface area (Å²) in [6.07, 6.45) is 6.29. The van der Waals surface area contributed by atoms with Gasteiger partial charge < -0.3 is 14.8 Å². The minimum Gasteiger partial charge on any atom is -0.493 e. The molecule has 20 heavy (non-hydrogen) atoms. The van der Waals surface area contributed by atoms with Gasteiger partial charge in [-0.3, -0.25) is 9.97 Å². The van der Waals surface area contributed by atoms with Crippen LogP contribution >= 0.6 is 0 Å². The fraction of sp³-hybridized carbons (Fsp3) is 0.333. The van der Waals surface area contributed by atoms with Crippen LogP contribution in [0.2, 0.25) is 0 Å². The molecule has 0 spiro atoms. The van der Waals surface area contributed by atoms with E-state index in [4.69, 9.17) is 9.47 Å². The van der Waals surface area contributed by atoms with Crippen molar-refractivity contribution < 1.29 is 9.47 Å². The molecule has 0 aliphatic heterocycles. The Bertz CT molecular complexity index is 532. The van der Waals surface area contributed by atoms with Gasteiger partial charge in [0.25, 0.3) is 0 Å². The zero-order chi connectivity index (χ0) is 14.2. The second kappa shape index (κ2) is 7.45. The first-order chi connectivity index (χ1) is 9.85. The SMILES string of the molecule is COc1ccnc(CNCCc2ccncc2)c1OC. The van der Waals surface area contributed by atoms with E-state index in [-0.39, 0.29) is 0 Å². The monoisotopic (exact) mass is 273 g/mol. The lowest BCUT2D eigenvalue weighted by Gasteiger charge is -2.12. The fourth-order valence-corrected chi connectivity index (χ4v) is 1.97. The van der Waals surface area contributed by atoms with E-state index in [1.54, 1.807) is 26.5 Å². The van der Waals surface area contributed by atoms with Crippen molar-refractivity contribution in [3.63, 3.8) is 0 Å². The van der Waals surface area contributed by atoms with Gasteiger partial charge in [-0.25, -0.2) is 0 Å². The Labute approximate surface area is 119 Å². The first kappa shape index (κ1) is 14.3. The van der Waals surface area contributed by atoms with E-state index in [2.05, 4.69) is 15.3 Å². The van der Waals surface area contributed by atoms with Gasteiger partial charge in [0, 0.05) is 31.2 Å². The van der Waals surface area contributed by atoms with Gasteiger partial charge in [-0.1, -0.05) is 0 Å². The second-order valence-corrected chi connectivity index (χ2v) is 4.28. The number of aromatic nitrogens is 2. The maximum atomic E-state index is 5.35. The number of pyridine rings is 2. The van der Waals surface area contributed by atoms with Crippen molar-refractivity contribution in [2.45, 2.75) is 13.0 Å². The Morgan fingerprint density at radius 1 is 1.05 bits per heavy atom. The molecule has 2 rings (SSSR count). The summed E-state index contributed by atoms with van der Waals surface area (Å²) in [5.74, 6) is 1.39. The highest BCUT2D eigenvalue weighted by Gasteiger charge is 2.10. The van der Waals surface area contributed by atoms with Crippen molar-refractivity contribution in [1.82, 2.24) is 15.3 Å². The van der Waals surface area contributed by atoms with Crippen LogP contribution in [0.5, 0.6) is 11.5 Å². The van der Waals surface area contributed by atoms with Crippen LogP contribution in [0.3, 0.4) is 0 Å². The Balaban J connectivity index is 1.88. The minimum absolute atomic E-state index is 0.644. The number of nitrogens with zero attached hydrogens (tertiary/aromatic N) is 2. The molecule has 2 heterocycles. The topological polar surface area (TPSA) is 56.3 Å². The maximum Gasteiger partial charge on any atom is 0.183 e. The van der Waals surface area contributed by atoms with Gasteiger partial charge in [0.15, 0.2) is 11.5 Å². The molecule has 0 bridgehead atoms. The average Bonchev–Trinajstić information content (AvgIpc) is 2.52. The Hall–Kier alpha value is -2.14. The third-order valence-electron chi connectivity index (χ3n) is 3.00. The molecule has 0 saturated carbocycles. The molecule has 5 nitrogen and oxygen atoms in total. The van der Waals surface area contributed by atoms with Crippen molar-refractivity contribution in [2.75, 3.05) is 20.8 Å². The zero-order valence-corrected chi connectivity index (χ0v) is 11.8. The van der Waals surface area contributed by atoms with E-state index in [1.807, 2.05) is 24.5 Å². The molecule has 2 aromatic heterocycles. The molecule has 0 amide bonds. The van der Waals surface area contributed by atoms with Crippen LogP contribution in [0.15, 0.2) is 36.8 Å². The fourth-order valence-electron chi connectivity index (χ4n) is 1.97. The van der Waals surface area contributed by atoms with E-state index in [0.717, 1.165) is 18.7 Å². The van der Waals surface area contributed by atoms with Gasteiger partial charge in [0.1, 0.15) is 0 Å². The zero-order valence-electron chi connectivity index (χ0n) is 11.8. The Morgan fingerprint density at radius 3 is 2.55 bits per heavy atom. The van der Waals surface area contributed by atoms with Gasteiger partial charge in [-0.05, 0) is 30.7 Å². The highest BCUT2D eigenvalue weighted by Crippen LogP contribution is 2.28. The largest absolute Gasteiger partial charge is 0.493 e. The van der Waals surface area contributed by atoms with E-state index < -0.39 is 0 Å². The summed E-state index contributed by atoms with van der Waals surface area (Å²) in [7, 11) is 3.25. The molecule has 5 heteroatoms. The van der Waals surface area contributed by atoms with Crippen LogP contribution in [-0.4, -0.2) is 30.7 Å². The molecule has 106 valence electrons. The third kappa shape index (κ3) is 3.68. The van der Waals surface area contributed by atoms with E-state index in [0.29, 0.717) is 18.0 Å². The predicted molar refractivity (Wildman–Crippen MR) is 77.0 cm³/mol. The highest BCUT2D eigenvalue weighted by molar-refractivity contribution is 5.42. The molecule has 0 aromatic carbocycles. The summed E-state index contributed by atoms with van der Waals surface area (Å²) < 4.78 is 10.6. The van der Waals surface area contributed by atoms with Crippen LogP contribution in [0.4, 0.5) is 0 Å². The molecule has 0 fully saturated rings. The van der Waals surface area contributed by atoms with Gasteiger partial charge in [-0.15, -0.1) is 0 Å². The molecular weight excluding hydrogens is 254 g/mol. The van der Waals surface area contributed by atoms with E-state index >= 15 is 0 Å². The number of methoxy groups -OCH3 is 2. The van der Waals surface area contributed by atoms with E-state index in [1.165, 1.54) is 5.56 Å². The summed E-state index contributed by atoms with van der Waals surface area (Å²) in [6, 6.07) is 5.83. The maximum absolute atomic E-state index is 5.35. The van der Waals surface area contributed by atoms with Crippen LogP contribution in [0, 0.1) is 0 Å². The molecule has 0 saturated heterocycles. The first-order valence-corrected chi connectivity index (χ1v) is 6.50. The molecule has 0 aliphatic carbocycles. The molecule has 0 radical (unpaired) electrons. The number of rotatable bonds is 7. The second-order valence-electron chi connectivity index (χ2n) is 4.28. The lowest BCUT2D eigenvalue weighted by molar-refractivity contribution is 0.348. The normalized spacial score (nSPS) is 10.3. The molecular formula is C15H19N3O2. The lowest BCUT2D eigenvalue weighted by Crippen LogP contribution is -2.18. The van der Waals surface area contributed by atoms with Crippen molar-refractivity contribution in [2.24, 2.45) is 0 Å². The molecule has 2 aromatic rings. The smallest absolute Gasteiger partial charge is 0.183 e. The molecule has 1 N–H and O–H groups in total. The van der Waals surface area contributed by atoms with Crippen LogP contribution < -0.4 is 14.8 Å². The predicted octanol–water partition coefficient (Wildman–Crippen LogP) is 1.83. The number of hydrogen-bond donors (Lipinski definition) is 1. The summed E-state index contributed by atoms with van der Waals surface area (Å²) in [6.45, 7) is 1.51. The van der Waals surface area contributed by atoms with Crippen LogP contribution in [0.1, 0.15) is 11.3 Å². The Morgan fingerprint density at radius 2 is 1.85 bits per heavy atom. The van der Waals surface area contributed by atoms with Crippen molar-refractivity contribution in [1.29, 1.82) is 0 Å². The summed E-state index contributed by atoms with van der Waals surface area (Å²) >= 11 is 0. The van der Waals surface area contributed by atoms with Crippen LogP contribution in [-0.2, 0) is 13.0 Å². The standard InChI is InChI=1S/C15H19N3O2/c1-19-14-6-10-18-13(15(14)20-2)11-17-9-5-12-3-7-16-8-4-12/h3-4,6-8,10,17H,5,9,11H2,1-2H3. The van der Waals surface area contributed by atoms with Gasteiger partial charge in [-0.2, -0.15) is 0 Å². The average molecular weight is 273 g/mol. The van der Waals surface area contributed by atoms with Gasteiger partial charge >= 0.3 is 0 Å². The first-order valence-electron chi connectivity index (χ1n) is 6.50. The summed E-state index contributed by atoms with van der Waals surface area (Å²) in [5.41, 5.74) is 2.11. The quantitative estimate of drug-likeness (QED) is 0.780. The van der Waals surface area contributed by atoms with Gasteiger partial charge in [0.05, 0.1) is 19.9 Å². The van der Waals surface area contributed by atoms with E-state index in [9.17, 15) is 0 Å². The van der Waals surface area contributed by atoms with Crippen molar-refractivity contribution >= 4 is 0 Å². The van der Waals surface area contributed by atoms with Crippen molar-refractivity contribution in [3.05, 3.63) is 48.0 Å². The van der Waals surface area contributed by atoms with Crippen molar-refractivity contribution in [3.8, 4) is 11.5 Å². The highest BCUT2D eigenvalue weighted by atomic mass is 16.5. The third-order valence-corrected chi connectivity index (χ3v) is 3.00. The summed E-state index contributed by atoms with van der Waals surface area (Å²) in [4.78, 5) is 8.33. The number of hydrogen-bond acceptors (Lipinski definition) is 5. The molecule has 0 unspecified atom stereocenters. The molecule has 0 aliphatic rings. The van der Waals surface area contributed by atoms with Gasteiger partial charge in [0.2, 0.25) is 0 Å².